The molecule has 66 heavy (non-hydrogen) atoms. The van der Waals surface area contributed by atoms with Gasteiger partial charge >= 0.3 is 0 Å². The van der Waals surface area contributed by atoms with E-state index in [1.807, 2.05) is 75.0 Å². The summed E-state index contributed by atoms with van der Waals surface area (Å²) in [5, 5.41) is 11.7. The van der Waals surface area contributed by atoms with Crippen molar-refractivity contribution < 1.29 is 48.0 Å². The van der Waals surface area contributed by atoms with Crippen molar-refractivity contribution in [2.45, 2.75) is 130 Å². The fraction of sp³-hybridized carbons (Fsp3) is 0.745. The van der Waals surface area contributed by atoms with Crippen LogP contribution < -0.4 is 0 Å². The Morgan fingerprint density at radius 1 is 0.848 bits per heavy atom. The highest BCUT2D eigenvalue weighted by atomic mass is 32.1. The minimum atomic E-state index is -0.609. The van der Waals surface area contributed by atoms with E-state index >= 15 is 0 Å². The molecule has 0 spiro atoms. The van der Waals surface area contributed by atoms with E-state index in [-0.39, 0.29) is 79.1 Å². The first-order chi connectivity index (χ1) is 31.6. The second kappa shape index (κ2) is 30.4. The Balaban J connectivity index is 1.69. The number of likely N-dealkylation sites (tertiary alicyclic amines) is 1. The summed E-state index contributed by atoms with van der Waals surface area (Å²) in [7, 11) is 6.93. The van der Waals surface area contributed by atoms with Crippen LogP contribution in [0.15, 0.2) is 41.9 Å². The Bertz CT molecular complexity index is 1680. The van der Waals surface area contributed by atoms with Crippen molar-refractivity contribution >= 4 is 34.7 Å². The van der Waals surface area contributed by atoms with Crippen molar-refractivity contribution in [1.82, 2.24) is 19.7 Å². The van der Waals surface area contributed by atoms with Gasteiger partial charge in [-0.1, -0.05) is 85.2 Å². The highest BCUT2D eigenvalue weighted by molar-refractivity contribution is 7.09. The zero-order valence-corrected chi connectivity index (χ0v) is 42.8. The number of ketones is 2. The average Bonchev–Trinajstić information content (AvgIpc) is 4.02. The van der Waals surface area contributed by atoms with Crippen LogP contribution >= 0.6 is 11.3 Å². The Morgan fingerprint density at radius 2 is 1.50 bits per heavy atom. The van der Waals surface area contributed by atoms with Gasteiger partial charge in [0.25, 0.3) is 0 Å². The lowest BCUT2D eigenvalue weighted by Crippen LogP contribution is -2.54. The summed E-state index contributed by atoms with van der Waals surface area (Å²) in [5.74, 6) is -1.35. The number of aliphatic hydroxyl groups is 1. The normalized spacial score (nSPS) is 18.0. The minimum absolute atomic E-state index is 0.00751. The van der Waals surface area contributed by atoms with E-state index < -0.39 is 36.1 Å². The van der Waals surface area contributed by atoms with Crippen molar-refractivity contribution in [2.24, 2.45) is 29.6 Å². The molecule has 2 amide bonds. The van der Waals surface area contributed by atoms with Crippen LogP contribution in [-0.2, 0) is 49.3 Å². The molecule has 1 fully saturated rings. The first kappa shape index (κ1) is 57.2. The number of Topliss-reactive ketones (excluding diaryl/α,β-unsaturated/α-hetero) is 2. The van der Waals surface area contributed by atoms with Gasteiger partial charge in [0.15, 0.2) is 5.78 Å². The number of aliphatic hydroxyl groups excluding tert-OH is 1. The molecule has 0 saturated carbocycles. The molecule has 14 nitrogen and oxygen atoms in total. The summed E-state index contributed by atoms with van der Waals surface area (Å²) in [4.78, 5) is 67.6. The molecule has 9 atom stereocenters. The standard InChI is InChI=1S/C51H84N4O10S/c1-12-37(6)48(54(9)51(60)41(35(2)3)33-44(58)47(36(4)5)53(8)22-24-63-26-28-65-29-27-64-25-23-56)45(61-10)34-46(59)55-21-16-19-42(55)49(62-11)38(7)43(57)32-40(50-52-20-30-66-50)31-39-17-14-13-15-18-39/h13-15,17-18,20,30,35-38,40-42,45,47-49,56H,12,16,19,21-29,31-34H2,1-11H3/t37-,38-,40+,41-,42-,45+,47-,48-,49+/m0/s1. The Hall–Kier alpha value is -3.15. The zero-order valence-electron chi connectivity index (χ0n) is 42.0. The molecule has 0 radical (unpaired) electrons. The third-order valence-corrected chi connectivity index (χ3v) is 14.4. The number of amides is 2. The number of thiazole rings is 1. The van der Waals surface area contributed by atoms with Crippen molar-refractivity contribution in [1.29, 1.82) is 0 Å². The topological polar surface area (TPSA) is 157 Å². The van der Waals surface area contributed by atoms with Crippen molar-refractivity contribution in [3.8, 4) is 0 Å². The number of rotatable bonds is 34. The van der Waals surface area contributed by atoms with Gasteiger partial charge in [0.2, 0.25) is 11.8 Å². The summed E-state index contributed by atoms with van der Waals surface area (Å²) < 4.78 is 28.7. The molecule has 374 valence electrons. The number of aromatic nitrogens is 1. The SMILES string of the molecule is CC[C@H](C)[C@@H]([C@@H](CC(=O)N1CCC[C@H]1[C@H](OC)[C@@H](C)C(=O)C[C@@H](Cc1ccccc1)c1nccs1)OC)N(C)C(=O)[C@@H](CC(=O)[C@H](C(C)C)N(C)CCOCCOCCOCCO)C(C)C. The van der Waals surface area contributed by atoms with Crippen molar-refractivity contribution in [3.63, 3.8) is 0 Å². The molecule has 0 unspecified atom stereocenters. The van der Waals surface area contributed by atoms with Crippen LogP contribution in [0.2, 0.25) is 0 Å². The molecule has 0 aliphatic carbocycles. The molecule has 3 rings (SSSR count). The van der Waals surface area contributed by atoms with Gasteiger partial charge in [-0.15, -0.1) is 11.3 Å². The van der Waals surface area contributed by atoms with Gasteiger partial charge in [0.1, 0.15) is 5.78 Å². The van der Waals surface area contributed by atoms with Gasteiger partial charge in [0.05, 0.1) is 88.0 Å². The number of carbonyl (C=O) groups excluding carboxylic acids is 4. The maximum Gasteiger partial charge on any atom is 0.226 e. The van der Waals surface area contributed by atoms with E-state index in [2.05, 4.69) is 31.0 Å². The largest absolute Gasteiger partial charge is 0.394 e. The summed E-state index contributed by atoms with van der Waals surface area (Å²) in [6.07, 6.45) is 4.11. The minimum Gasteiger partial charge on any atom is -0.394 e. The van der Waals surface area contributed by atoms with Crippen LogP contribution in [0.4, 0.5) is 0 Å². The smallest absolute Gasteiger partial charge is 0.226 e. The summed E-state index contributed by atoms with van der Waals surface area (Å²) in [6, 6.07) is 9.04. The monoisotopic (exact) mass is 945 g/mol. The Kier molecular flexibility index (Phi) is 26.3. The zero-order chi connectivity index (χ0) is 48.8. The molecule has 1 aliphatic heterocycles. The van der Waals surface area contributed by atoms with E-state index in [9.17, 15) is 19.2 Å². The van der Waals surface area contributed by atoms with E-state index in [1.54, 1.807) is 43.7 Å². The lowest BCUT2D eigenvalue weighted by molar-refractivity contribution is -0.149. The van der Waals surface area contributed by atoms with Gasteiger partial charge in [0, 0.05) is 76.5 Å². The number of methoxy groups -OCH3 is 2. The van der Waals surface area contributed by atoms with E-state index in [0.29, 0.717) is 59.0 Å². The molecular weight excluding hydrogens is 861 g/mol. The van der Waals surface area contributed by atoms with Gasteiger partial charge in [-0.3, -0.25) is 24.1 Å². The van der Waals surface area contributed by atoms with Crippen molar-refractivity contribution in [2.75, 3.05) is 87.7 Å². The number of hydrogen-bond donors (Lipinski definition) is 1. The Morgan fingerprint density at radius 3 is 2.06 bits per heavy atom. The lowest BCUT2D eigenvalue weighted by Gasteiger charge is -2.41. The molecule has 1 aromatic carbocycles. The number of ether oxygens (including phenoxy) is 5. The molecule has 2 aromatic rings. The van der Waals surface area contributed by atoms with E-state index in [0.717, 1.165) is 29.8 Å². The number of likely N-dealkylation sites (N-methyl/N-ethyl adjacent to an activating group) is 2. The number of nitrogens with zero attached hydrogens (tertiary/aromatic N) is 4. The quantitative estimate of drug-likeness (QED) is 0.0754. The summed E-state index contributed by atoms with van der Waals surface area (Å²) >= 11 is 1.57. The molecule has 1 saturated heterocycles. The molecule has 0 bridgehead atoms. The fourth-order valence-electron chi connectivity index (χ4n) is 9.64. The van der Waals surface area contributed by atoms with Crippen LogP contribution in [0.3, 0.4) is 0 Å². The summed E-state index contributed by atoms with van der Waals surface area (Å²) in [5.41, 5.74) is 1.15. The first-order valence-corrected chi connectivity index (χ1v) is 25.1. The van der Waals surface area contributed by atoms with Gasteiger partial charge in [-0.25, -0.2) is 4.98 Å². The highest BCUT2D eigenvalue weighted by Crippen LogP contribution is 2.33. The molecular formula is C51H84N4O10S. The predicted molar refractivity (Wildman–Crippen MR) is 259 cm³/mol. The molecule has 1 aliphatic rings. The molecule has 1 N–H and O–H groups in total. The van der Waals surface area contributed by atoms with E-state index in [4.69, 9.17) is 28.8 Å². The van der Waals surface area contributed by atoms with Gasteiger partial charge in [-0.05, 0) is 49.6 Å². The van der Waals surface area contributed by atoms with Crippen LogP contribution in [0, 0.1) is 29.6 Å². The maximum absolute atomic E-state index is 14.7. The Labute approximate surface area is 400 Å². The predicted octanol–water partition coefficient (Wildman–Crippen LogP) is 6.58. The van der Waals surface area contributed by atoms with Crippen LogP contribution in [-0.4, -0.2) is 166 Å². The van der Waals surface area contributed by atoms with Crippen molar-refractivity contribution in [3.05, 3.63) is 52.5 Å². The fourth-order valence-corrected chi connectivity index (χ4v) is 10.4. The van der Waals surface area contributed by atoms with Crippen LogP contribution in [0.1, 0.15) is 103 Å². The first-order valence-electron chi connectivity index (χ1n) is 24.3. The summed E-state index contributed by atoms with van der Waals surface area (Å²) in [6.45, 7) is 17.5. The maximum atomic E-state index is 14.7. The molecule has 15 heteroatoms. The second-order valence-corrected chi connectivity index (χ2v) is 19.7. The highest BCUT2D eigenvalue weighted by Gasteiger charge is 2.43. The van der Waals surface area contributed by atoms with Crippen LogP contribution in [0.5, 0.6) is 0 Å². The second-order valence-electron chi connectivity index (χ2n) is 18.8. The number of benzene rings is 1. The van der Waals surface area contributed by atoms with E-state index in [1.165, 1.54) is 0 Å². The molecule has 2 heterocycles. The van der Waals surface area contributed by atoms with Crippen LogP contribution in [0.25, 0.3) is 0 Å². The number of carbonyl (C=O) groups is 4. The average molecular weight is 945 g/mol. The number of hydrogen-bond acceptors (Lipinski definition) is 13. The third-order valence-electron chi connectivity index (χ3n) is 13.5. The molecule has 1 aromatic heterocycles. The van der Waals surface area contributed by atoms with Gasteiger partial charge in [-0.2, -0.15) is 0 Å². The lowest BCUT2D eigenvalue weighted by atomic mass is 9.83. The third kappa shape index (κ3) is 17.4. The van der Waals surface area contributed by atoms with Gasteiger partial charge < -0.3 is 38.6 Å².